The van der Waals surface area contributed by atoms with Crippen LogP contribution in [0.5, 0.6) is 0 Å². The monoisotopic (exact) mass is 493 g/mol. The number of carbonyl (C=O) groups excluding carboxylic acids is 1. The summed E-state index contributed by atoms with van der Waals surface area (Å²) in [5.41, 5.74) is 6.39. The molecule has 0 N–H and O–H groups in total. The second kappa shape index (κ2) is 9.99. The van der Waals surface area contributed by atoms with Crippen LogP contribution in [0.15, 0.2) is 94.9 Å². The Kier molecular flexibility index (Phi) is 6.61. The second-order valence-electron chi connectivity index (χ2n) is 8.96. The highest BCUT2D eigenvalue weighted by Gasteiger charge is 2.19. The maximum absolute atomic E-state index is 13.4. The Bertz CT molecular complexity index is 1620. The van der Waals surface area contributed by atoms with Gasteiger partial charge in [-0.2, -0.15) is 0 Å². The van der Waals surface area contributed by atoms with Gasteiger partial charge in [0.1, 0.15) is 0 Å². The van der Waals surface area contributed by atoms with Crippen molar-refractivity contribution in [3.8, 4) is 5.69 Å². The Morgan fingerprint density at radius 2 is 1.58 bits per heavy atom. The zero-order valence-electron chi connectivity index (χ0n) is 20.6. The molecule has 5 rings (SSSR count). The van der Waals surface area contributed by atoms with E-state index < -0.39 is 0 Å². The van der Waals surface area contributed by atoms with Crippen LogP contribution in [0.1, 0.15) is 32.9 Å². The van der Waals surface area contributed by atoms with Gasteiger partial charge in [0.25, 0.3) is 5.56 Å². The summed E-state index contributed by atoms with van der Waals surface area (Å²) < 4.78 is 3.78. The number of para-hydroxylation sites is 1. The van der Waals surface area contributed by atoms with Crippen LogP contribution < -0.4 is 5.56 Å². The van der Waals surface area contributed by atoms with E-state index in [9.17, 15) is 9.59 Å². The van der Waals surface area contributed by atoms with E-state index >= 15 is 0 Å². The van der Waals surface area contributed by atoms with Crippen LogP contribution in [0.25, 0.3) is 16.6 Å². The zero-order valence-corrected chi connectivity index (χ0v) is 21.4. The van der Waals surface area contributed by atoms with E-state index in [1.54, 1.807) is 10.6 Å². The predicted octanol–water partition coefficient (Wildman–Crippen LogP) is 6.14. The molecule has 0 unspecified atom stereocenters. The van der Waals surface area contributed by atoms with Gasteiger partial charge in [0.15, 0.2) is 10.9 Å². The van der Waals surface area contributed by atoms with Crippen molar-refractivity contribution in [1.82, 2.24) is 14.1 Å². The molecule has 5 aromatic rings. The van der Waals surface area contributed by atoms with E-state index in [1.807, 2.05) is 68.4 Å². The highest BCUT2D eigenvalue weighted by Crippen LogP contribution is 2.25. The minimum absolute atomic E-state index is 0.0140. The molecule has 0 aliphatic carbocycles. The van der Waals surface area contributed by atoms with Crippen LogP contribution in [0.2, 0.25) is 0 Å². The van der Waals surface area contributed by atoms with Gasteiger partial charge in [-0.1, -0.05) is 71.9 Å². The molecule has 2 aromatic heterocycles. The number of fused-ring (bicyclic) bond motifs is 1. The minimum atomic E-state index is -0.100. The average Bonchev–Trinajstić information content (AvgIpc) is 3.19. The molecule has 0 aliphatic heterocycles. The summed E-state index contributed by atoms with van der Waals surface area (Å²) in [6.45, 7) is 6.45. The van der Waals surface area contributed by atoms with E-state index in [0.29, 0.717) is 28.2 Å². The molecule has 0 atom stereocenters. The van der Waals surface area contributed by atoms with Crippen molar-refractivity contribution in [3.05, 3.63) is 123 Å². The lowest BCUT2D eigenvalue weighted by atomic mass is 10.2. The molecule has 0 fully saturated rings. The molecule has 0 saturated heterocycles. The second-order valence-corrected chi connectivity index (χ2v) is 9.90. The van der Waals surface area contributed by atoms with Crippen LogP contribution >= 0.6 is 11.8 Å². The van der Waals surface area contributed by atoms with Crippen molar-refractivity contribution in [2.75, 3.05) is 5.75 Å². The number of ketones is 1. The number of benzene rings is 3. The molecule has 0 saturated carbocycles. The van der Waals surface area contributed by atoms with Crippen LogP contribution in [-0.4, -0.2) is 25.7 Å². The predicted molar refractivity (Wildman–Crippen MR) is 147 cm³/mol. The lowest BCUT2D eigenvalue weighted by molar-refractivity contribution is 0.102. The SMILES string of the molecule is Cc1ccc(-n2c(C)cc(C(=O)CSc3nc4ccccc4c(=O)n3Cc3ccccc3)c2C)cc1. The van der Waals surface area contributed by atoms with Gasteiger partial charge in [0, 0.05) is 22.6 Å². The highest BCUT2D eigenvalue weighted by molar-refractivity contribution is 7.99. The van der Waals surface area contributed by atoms with E-state index in [2.05, 4.69) is 35.8 Å². The molecule has 0 amide bonds. The Morgan fingerprint density at radius 1 is 0.889 bits per heavy atom. The first-order valence-corrected chi connectivity index (χ1v) is 12.9. The first-order valence-electron chi connectivity index (χ1n) is 11.9. The van der Waals surface area contributed by atoms with Gasteiger partial charge in [0.2, 0.25) is 0 Å². The third-order valence-corrected chi connectivity index (χ3v) is 7.34. The van der Waals surface area contributed by atoms with Gasteiger partial charge in [-0.05, 0) is 56.7 Å². The van der Waals surface area contributed by atoms with E-state index in [1.165, 1.54) is 17.3 Å². The molecule has 0 aliphatic rings. The summed E-state index contributed by atoms with van der Waals surface area (Å²) in [5.74, 6) is 0.206. The summed E-state index contributed by atoms with van der Waals surface area (Å²) in [5, 5.41) is 1.12. The summed E-state index contributed by atoms with van der Waals surface area (Å²) in [6, 6.07) is 27.4. The number of thioether (sulfide) groups is 1. The molecular formula is C30H27N3O2S. The third kappa shape index (κ3) is 4.64. The fourth-order valence-electron chi connectivity index (χ4n) is 4.51. The van der Waals surface area contributed by atoms with Crippen molar-refractivity contribution < 1.29 is 4.79 Å². The maximum Gasteiger partial charge on any atom is 0.262 e. The largest absolute Gasteiger partial charge is 0.318 e. The van der Waals surface area contributed by atoms with Crippen molar-refractivity contribution in [2.24, 2.45) is 0 Å². The molecule has 180 valence electrons. The van der Waals surface area contributed by atoms with Gasteiger partial charge in [-0.3, -0.25) is 14.2 Å². The number of carbonyl (C=O) groups is 1. The van der Waals surface area contributed by atoms with Crippen molar-refractivity contribution >= 4 is 28.4 Å². The topological polar surface area (TPSA) is 56.9 Å². The van der Waals surface area contributed by atoms with Crippen LogP contribution in [-0.2, 0) is 6.54 Å². The Labute approximate surface area is 214 Å². The van der Waals surface area contributed by atoms with Gasteiger partial charge < -0.3 is 4.57 Å². The number of nitrogens with zero attached hydrogens (tertiary/aromatic N) is 3. The fraction of sp³-hybridized carbons (Fsp3) is 0.167. The standard InChI is InChI=1S/C30H27N3O2S/c1-20-13-15-24(16-14-20)33-21(2)17-26(22(33)3)28(34)19-36-30-31-27-12-8-7-11-25(27)29(35)32(30)18-23-9-5-4-6-10-23/h4-17H,18-19H2,1-3H3. The zero-order chi connectivity index (χ0) is 25.2. The summed E-state index contributed by atoms with van der Waals surface area (Å²) in [6.07, 6.45) is 0. The molecule has 3 aromatic carbocycles. The Morgan fingerprint density at radius 3 is 2.33 bits per heavy atom. The van der Waals surface area contributed by atoms with Crippen LogP contribution in [0.4, 0.5) is 0 Å². The minimum Gasteiger partial charge on any atom is -0.318 e. The highest BCUT2D eigenvalue weighted by atomic mass is 32.2. The maximum atomic E-state index is 13.4. The molecule has 0 spiro atoms. The number of aromatic nitrogens is 3. The number of hydrogen-bond donors (Lipinski definition) is 0. The lowest BCUT2D eigenvalue weighted by Gasteiger charge is -2.13. The lowest BCUT2D eigenvalue weighted by Crippen LogP contribution is -2.24. The Hall–Kier alpha value is -3.90. The van der Waals surface area contributed by atoms with Gasteiger partial charge in [0.05, 0.1) is 23.2 Å². The average molecular weight is 494 g/mol. The normalized spacial score (nSPS) is 11.2. The summed E-state index contributed by atoms with van der Waals surface area (Å²) >= 11 is 1.31. The molecule has 0 radical (unpaired) electrons. The molecule has 2 heterocycles. The molecule has 36 heavy (non-hydrogen) atoms. The number of aryl methyl sites for hydroxylation is 2. The van der Waals surface area contributed by atoms with Gasteiger partial charge in [-0.15, -0.1) is 0 Å². The number of Topliss-reactive ketones (excluding diaryl/α,β-unsaturated/α-hetero) is 1. The smallest absolute Gasteiger partial charge is 0.262 e. The number of hydrogen-bond acceptors (Lipinski definition) is 4. The van der Waals surface area contributed by atoms with Gasteiger partial charge >= 0.3 is 0 Å². The Balaban J connectivity index is 1.46. The van der Waals surface area contributed by atoms with Gasteiger partial charge in [-0.25, -0.2) is 4.98 Å². The summed E-state index contributed by atoms with van der Waals surface area (Å²) in [7, 11) is 0. The van der Waals surface area contributed by atoms with E-state index in [4.69, 9.17) is 4.98 Å². The number of rotatable bonds is 7. The first kappa shape index (κ1) is 23.8. The van der Waals surface area contributed by atoms with Crippen molar-refractivity contribution in [2.45, 2.75) is 32.5 Å². The van der Waals surface area contributed by atoms with E-state index in [0.717, 1.165) is 22.6 Å². The van der Waals surface area contributed by atoms with Crippen LogP contribution in [0.3, 0.4) is 0 Å². The molecular weight excluding hydrogens is 466 g/mol. The van der Waals surface area contributed by atoms with E-state index in [-0.39, 0.29) is 17.1 Å². The van der Waals surface area contributed by atoms with Crippen molar-refractivity contribution in [3.63, 3.8) is 0 Å². The molecule has 5 nitrogen and oxygen atoms in total. The third-order valence-electron chi connectivity index (χ3n) is 6.37. The fourth-order valence-corrected chi connectivity index (χ4v) is 5.39. The molecule has 6 heteroatoms. The van der Waals surface area contributed by atoms with Crippen LogP contribution in [0, 0.1) is 20.8 Å². The molecule has 0 bridgehead atoms. The quantitative estimate of drug-likeness (QED) is 0.155. The summed E-state index contributed by atoms with van der Waals surface area (Å²) in [4.78, 5) is 31.5. The van der Waals surface area contributed by atoms with Crippen molar-refractivity contribution in [1.29, 1.82) is 0 Å². The first-order chi connectivity index (χ1) is 17.4.